The van der Waals surface area contributed by atoms with Gasteiger partial charge in [0.1, 0.15) is 11.4 Å². The summed E-state index contributed by atoms with van der Waals surface area (Å²) in [6.07, 6.45) is 13.8. The molecule has 3 N–H and O–H groups in total. The molecule has 2 aliphatic carbocycles. The number of ether oxygens (including phenoxy) is 1. The fourth-order valence-electron chi connectivity index (χ4n) is 4.28. The zero-order valence-electron chi connectivity index (χ0n) is 17.7. The number of unbranched alkanes of at least 4 members (excludes halogenated alkanes) is 4. The van der Waals surface area contributed by atoms with Crippen molar-refractivity contribution in [3.8, 4) is 17.2 Å². The van der Waals surface area contributed by atoms with Crippen molar-refractivity contribution in [3.05, 3.63) is 17.2 Å². The third-order valence-electron chi connectivity index (χ3n) is 6.93. The van der Waals surface area contributed by atoms with E-state index in [4.69, 9.17) is 4.74 Å². The van der Waals surface area contributed by atoms with Gasteiger partial charge in [0.05, 0.1) is 0 Å². The number of phenolic OH excluding ortho intramolecular Hbond substituents is 3. The molecule has 0 amide bonds. The van der Waals surface area contributed by atoms with Crippen molar-refractivity contribution in [2.45, 2.75) is 102 Å². The molecule has 1 aromatic rings. The van der Waals surface area contributed by atoms with Gasteiger partial charge >= 0.3 is 0 Å². The molecule has 0 spiro atoms. The minimum atomic E-state index is -0.210. The molecule has 0 saturated heterocycles. The highest BCUT2D eigenvalue weighted by Gasteiger charge is 2.44. The molecule has 0 heterocycles. The smallest absolute Gasteiger partial charge is 0.293 e. The molecule has 5 nitrogen and oxygen atoms in total. The van der Waals surface area contributed by atoms with E-state index in [1.165, 1.54) is 25.7 Å². The van der Waals surface area contributed by atoms with Gasteiger partial charge in [-0.1, -0.05) is 26.2 Å². The van der Waals surface area contributed by atoms with Gasteiger partial charge in [-0.15, -0.1) is 0 Å². The predicted molar refractivity (Wildman–Crippen MR) is 112 cm³/mol. The number of hydrogen-bond acceptors (Lipinski definition) is 5. The van der Waals surface area contributed by atoms with Crippen molar-refractivity contribution in [2.24, 2.45) is 5.41 Å². The third kappa shape index (κ3) is 6.03. The molecule has 2 saturated carbocycles. The first-order valence-electron chi connectivity index (χ1n) is 11.3. The minimum Gasteiger partial charge on any atom is -0.508 e. The number of hydrogen-bond donors (Lipinski definition) is 3. The summed E-state index contributed by atoms with van der Waals surface area (Å²) in [5, 5.41) is 31.1. The first kappa shape index (κ1) is 21.8. The highest BCUT2D eigenvalue weighted by atomic mass is 16.5. The summed E-state index contributed by atoms with van der Waals surface area (Å²) in [5.41, 5.74) is 1.42. The average molecular weight is 405 g/mol. The maximum Gasteiger partial charge on any atom is 0.293 e. The second kappa shape index (κ2) is 9.27. The molecule has 0 aliphatic heterocycles. The lowest BCUT2D eigenvalue weighted by molar-refractivity contribution is -0.135. The Morgan fingerprint density at radius 2 is 1.55 bits per heavy atom. The van der Waals surface area contributed by atoms with Gasteiger partial charge in [0, 0.05) is 11.1 Å². The first-order chi connectivity index (χ1) is 13.9. The highest BCUT2D eigenvalue weighted by Crippen LogP contribution is 2.49. The van der Waals surface area contributed by atoms with Gasteiger partial charge in [-0.25, -0.2) is 0 Å². The molecule has 162 valence electrons. The molecule has 29 heavy (non-hydrogen) atoms. The van der Waals surface area contributed by atoms with Gasteiger partial charge < -0.3 is 20.1 Å². The monoisotopic (exact) mass is 404 g/mol. The molecular formula is C24H36O5. The van der Waals surface area contributed by atoms with E-state index in [0.29, 0.717) is 35.9 Å². The van der Waals surface area contributed by atoms with Crippen molar-refractivity contribution in [1.82, 2.24) is 0 Å². The fourth-order valence-corrected chi connectivity index (χ4v) is 4.28. The topological polar surface area (TPSA) is 87.0 Å². The lowest BCUT2D eigenvalue weighted by atomic mass is 9.96. The Labute approximate surface area is 174 Å². The number of carbonyl (C=O) groups is 1. The zero-order valence-corrected chi connectivity index (χ0v) is 17.7. The van der Waals surface area contributed by atoms with Crippen LogP contribution < -0.4 is 0 Å². The molecule has 3 rings (SSSR count). The lowest BCUT2D eigenvalue weighted by Gasteiger charge is -2.14. The van der Waals surface area contributed by atoms with Gasteiger partial charge in [-0.3, -0.25) is 4.79 Å². The van der Waals surface area contributed by atoms with E-state index in [1.807, 2.05) is 0 Å². The Morgan fingerprint density at radius 1 is 0.897 bits per heavy atom. The van der Waals surface area contributed by atoms with E-state index in [2.05, 4.69) is 6.92 Å². The highest BCUT2D eigenvalue weighted by molar-refractivity contribution is 5.56. The van der Waals surface area contributed by atoms with Gasteiger partial charge in [-0.2, -0.15) is 0 Å². The molecule has 0 atom stereocenters. The van der Waals surface area contributed by atoms with Crippen molar-refractivity contribution in [3.63, 3.8) is 0 Å². The Balaban J connectivity index is 1.41. The van der Waals surface area contributed by atoms with Crippen LogP contribution in [0.3, 0.4) is 0 Å². The number of carbonyl (C=O) groups excluding carboxylic acids is 1. The van der Waals surface area contributed by atoms with E-state index in [9.17, 15) is 20.1 Å². The molecule has 0 radical (unpaired) electrons. The second-order valence-electron chi connectivity index (χ2n) is 9.56. The summed E-state index contributed by atoms with van der Waals surface area (Å²) >= 11 is 0. The van der Waals surface area contributed by atoms with Gasteiger partial charge in [0.25, 0.3) is 6.47 Å². The van der Waals surface area contributed by atoms with Crippen molar-refractivity contribution >= 4 is 6.47 Å². The van der Waals surface area contributed by atoms with Crippen LogP contribution in [0.5, 0.6) is 17.2 Å². The summed E-state index contributed by atoms with van der Waals surface area (Å²) in [7, 11) is 0. The summed E-state index contributed by atoms with van der Waals surface area (Å²) in [6, 6.07) is 1.60. The Kier molecular flexibility index (Phi) is 6.97. The fraction of sp³-hybridized carbons (Fsp3) is 0.708. The first-order valence-corrected chi connectivity index (χ1v) is 11.3. The molecular weight excluding hydrogens is 368 g/mol. The van der Waals surface area contributed by atoms with E-state index >= 15 is 0 Å². The van der Waals surface area contributed by atoms with Gasteiger partial charge in [0.2, 0.25) is 0 Å². The number of phenols is 3. The van der Waals surface area contributed by atoms with Crippen LogP contribution in [0.15, 0.2) is 6.07 Å². The van der Waals surface area contributed by atoms with Crippen LogP contribution in [0.1, 0.15) is 95.1 Å². The number of aryl methyl sites for hydroxylation is 1. The molecule has 1 aromatic carbocycles. The molecule has 0 aromatic heterocycles. The van der Waals surface area contributed by atoms with Gasteiger partial charge in [0.15, 0.2) is 11.5 Å². The van der Waals surface area contributed by atoms with Gasteiger partial charge in [-0.05, 0) is 82.1 Å². The van der Waals surface area contributed by atoms with E-state index in [-0.39, 0.29) is 22.8 Å². The largest absolute Gasteiger partial charge is 0.508 e. The maximum atomic E-state index is 10.5. The molecule has 5 heteroatoms. The summed E-state index contributed by atoms with van der Waals surface area (Å²) < 4.78 is 5.15. The van der Waals surface area contributed by atoms with Crippen molar-refractivity contribution < 1.29 is 24.9 Å². The van der Waals surface area contributed by atoms with Crippen LogP contribution >= 0.6 is 0 Å². The standard InChI is InChI=1S/C24H36O5/c1-23(12-13-23)10-6-3-5-9-19-20(26)16-18(21(27)22(19)28)8-4-2-7-11-24(14-15-24)29-17-25/h16-17,26-28H,2-15H2,1H3. The van der Waals surface area contributed by atoms with Crippen LogP contribution in [-0.4, -0.2) is 27.4 Å². The number of rotatable bonds is 14. The Hall–Kier alpha value is -1.91. The average Bonchev–Trinajstić information content (AvgIpc) is 3.61. The number of benzene rings is 1. The SMILES string of the molecule is CC1(CCCCCc2c(O)cc(CCCCCC3(OC=O)CC3)c(O)c2O)CC1. The van der Waals surface area contributed by atoms with Crippen LogP contribution in [0.4, 0.5) is 0 Å². The van der Waals surface area contributed by atoms with E-state index in [0.717, 1.165) is 51.4 Å². The van der Waals surface area contributed by atoms with Crippen LogP contribution in [0.2, 0.25) is 0 Å². The normalized spacial score (nSPS) is 18.4. The van der Waals surface area contributed by atoms with Crippen LogP contribution in [0.25, 0.3) is 0 Å². The molecule has 2 aliphatic rings. The lowest BCUT2D eigenvalue weighted by Crippen LogP contribution is -2.12. The second-order valence-corrected chi connectivity index (χ2v) is 9.56. The Morgan fingerprint density at radius 3 is 2.17 bits per heavy atom. The Bertz CT molecular complexity index is 704. The van der Waals surface area contributed by atoms with Crippen LogP contribution in [0, 0.1) is 5.41 Å². The summed E-state index contributed by atoms with van der Waals surface area (Å²) in [4.78, 5) is 10.5. The summed E-state index contributed by atoms with van der Waals surface area (Å²) in [5.74, 6) is -0.169. The third-order valence-corrected chi connectivity index (χ3v) is 6.93. The van der Waals surface area contributed by atoms with Crippen LogP contribution in [-0.2, 0) is 22.4 Å². The zero-order chi connectivity index (χ0) is 20.9. The van der Waals surface area contributed by atoms with Crippen molar-refractivity contribution in [1.29, 1.82) is 0 Å². The quantitative estimate of drug-likeness (QED) is 0.165. The molecule has 2 fully saturated rings. The molecule has 0 bridgehead atoms. The number of aromatic hydroxyl groups is 3. The predicted octanol–water partition coefficient (Wildman–Crippen LogP) is 5.51. The van der Waals surface area contributed by atoms with Crippen molar-refractivity contribution in [2.75, 3.05) is 0 Å². The maximum absolute atomic E-state index is 10.5. The summed E-state index contributed by atoms with van der Waals surface area (Å²) in [6.45, 7) is 2.88. The van der Waals surface area contributed by atoms with E-state index in [1.54, 1.807) is 6.07 Å². The minimum absolute atomic E-state index is 0.0840. The molecule has 0 unspecified atom stereocenters. The van der Waals surface area contributed by atoms with E-state index < -0.39 is 0 Å².